The van der Waals surface area contributed by atoms with Crippen molar-refractivity contribution in [1.82, 2.24) is 5.32 Å². The van der Waals surface area contributed by atoms with Crippen LogP contribution < -0.4 is 5.32 Å². The highest BCUT2D eigenvalue weighted by molar-refractivity contribution is 5.69. The van der Waals surface area contributed by atoms with Crippen molar-refractivity contribution in [3.63, 3.8) is 0 Å². The van der Waals surface area contributed by atoms with Gasteiger partial charge in [-0.1, -0.05) is 168 Å². The number of nitrogens with one attached hydrogen (secondary N) is 1. The highest BCUT2D eigenvalue weighted by Crippen LogP contribution is 2.20. The van der Waals surface area contributed by atoms with Crippen molar-refractivity contribution in [3.05, 3.63) is 0 Å². The summed E-state index contributed by atoms with van der Waals surface area (Å²) in [6, 6.07) is 1.17. The van der Waals surface area contributed by atoms with Gasteiger partial charge in [0.1, 0.15) is 6.10 Å². The normalized spacial score (nSPS) is 14.7. The van der Waals surface area contributed by atoms with E-state index < -0.39 is 0 Å². The number of unbranched alkanes of at least 4 members (excludes halogenated alkanes) is 23. The lowest BCUT2D eigenvalue weighted by Gasteiger charge is -2.29. The first-order valence-electron chi connectivity index (χ1n) is 24.7. The maximum atomic E-state index is 12.8. The molecule has 1 fully saturated rings. The molecule has 1 saturated heterocycles. The van der Waals surface area contributed by atoms with E-state index in [2.05, 4.69) is 33.0 Å². The third kappa shape index (κ3) is 34.6. The molecule has 1 aliphatic heterocycles. The van der Waals surface area contributed by atoms with Crippen LogP contribution in [0.15, 0.2) is 0 Å². The van der Waals surface area contributed by atoms with Gasteiger partial charge in [0.15, 0.2) is 0 Å². The Hall–Kier alpha value is -1.14. The summed E-state index contributed by atoms with van der Waals surface area (Å²) >= 11 is 0. The largest absolute Gasteiger partial charge is 0.463 e. The van der Waals surface area contributed by atoms with Crippen LogP contribution in [-0.4, -0.2) is 49.4 Å². The van der Waals surface area contributed by atoms with Crippen molar-refractivity contribution in [2.24, 2.45) is 0 Å². The van der Waals surface area contributed by atoms with E-state index in [1.165, 1.54) is 167 Å². The van der Waals surface area contributed by atoms with Crippen LogP contribution in [0.4, 0.5) is 0 Å². The lowest BCUT2D eigenvalue weighted by atomic mass is 9.98. The Balaban J connectivity index is 2.25. The molecule has 0 saturated carbocycles. The molecule has 0 aromatic rings. The molecule has 1 N–H and O–H groups in total. The minimum atomic E-state index is -0.00890. The molecule has 0 aliphatic carbocycles. The molecule has 6 heteroatoms. The van der Waals surface area contributed by atoms with Gasteiger partial charge in [0.05, 0.1) is 6.10 Å². The maximum Gasteiger partial charge on any atom is 0.306 e. The van der Waals surface area contributed by atoms with Crippen molar-refractivity contribution >= 4 is 11.9 Å². The summed E-state index contributed by atoms with van der Waals surface area (Å²) in [6.07, 6.45) is 43.8. The van der Waals surface area contributed by atoms with Crippen molar-refractivity contribution < 1.29 is 23.8 Å². The Morgan fingerprint density at radius 3 is 1.31 bits per heavy atom. The van der Waals surface area contributed by atoms with E-state index in [9.17, 15) is 9.59 Å². The quantitative estimate of drug-likeness (QED) is 0.0492. The Morgan fingerprint density at radius 2 is 0.855 bits per heavy atom. The summed E-state index contributed by atoms with van der Waals surface area (Å²) in [5, 5.41) is 4.00. The van der Waals surface area contributed by atoms with Crippen molar-refractivity contribution in [2.75, 3.05) is 13.2 Å². The molecule has 0 aromatic carbocycles. The fraction of sp³-hybridized carbons (Fsp3) is 0.959. The van der Waals surface area contributed by atoms with Gasteiger partial charge < -0.3 is 19.5 Å². The Labute approximate surface area is 342 Å². The Bertz CT molecular complexity index is 814. The van der Waals surface area contributed by atoms with Crippen molar-refractivity contribution in [2.45, 2.75) is 290 Å². The van der Waals surface area contributed by atoms with Gasteiger partial charge in [-0.05, 0) is 84.0 Å². The molecular formula is C49H95NO5. The molecule has 0 amide bonds. The molecule has 1 heterocycles. The molecule has 55 heavy (non-hydrogen) atoms. The summed E-state index contributed by atoms with van der Waals surface area (Å²) in [4.78, 5) is 25.1. The number of carbonyl (C=O) groups is 2. The Kier molecular flexibility index (Phi) is 37.4. The maximum absolute atomic E-state index is 12.8. The fourth-order valence-corrected chi connectivity index (χ4v) is 8.26. The molecule has 0 spiro atoms. The van der Waals surface area contributed by atoms with E-state index in [-0.39, 0.29) is 24.1 Å². The van der Waals surface area contributed by atoms with Gasteiger partial charge in [-0.3, -0.25) is 9.59 Å². The van der Waals surface area contributed by atoms with E-state index in [1.54, 1.807) is 0 Å². The number of carbonyl (C=O) groups excluding carboxylic acids is 2. The standard InChI is InChI=1S/C49H95NO5/c1-5-8-11-14-19-26-33-44(4)54-48(51)38-31-24-17-20-27-34-45(50-46-40-42-53-43-41-46)35-28-21-18-25-32-39-49(52)55-47(36-29-22-15-12-9-6-2)37-30-23-16-13-10-7-3/h44-47,50H,5-43H2,1-4H3. The number of rotatable bonds is 41. The predicted octanol–water partition coefficient (Wildman–Crippen LogP) is 14.7. The summed E-state index contributed by atoms with van der Waals surface area (Å²) in [6.45, 7) is 10.6. The second-order valence-corrected chi connectivity index (χ2v) is 17.4. The Morgan fingerprint density at radius 1 is 0.491 bits per heavy atom. The summed E-state index contributed by atoms with van der Waals surface area (Å²) in [7, 11) is 0. The molecular weight excluding hydrogens is 683 g/mol. The van der Waals surface area contributed by atoms with Crippen LogP contribution >= 0.6 is 0 Å². The van der Waals surface area contributed by atoms with Crippen LogP contribution in [0.3, 0.4) is 0 Å². The van der Waals surface area contributed by atoms with E-state index in [0.717, 1.165) is 71.0 Å². The van der Waals surface area contributed by atoms with Crippen molar-refractivity contribution in [3.8, 4) is 0 Å². The lowest BCUT2D eigenvalue weighted by Crippen LogP contribution is -2.41. The van der Waals surface area contributed by atoms with Crippen LogP contribution in [0.2, 0.25) is 0 Å². The van der Waals surface area contributed by atoms with Crippen LogP contribution in [0.5, 0.6) is 0 Å². The zero-order valence-corrected chi connectivity index (χ0v) is 37.4. The third-order valence-electron chi connectivity index (χ3n) is 11.9. The molecule has 6 nitrogen and oxygen atoms in total. The van der Waals surface area contributed by atoms with E-state index in [4.69, 9.17) is 14.2 Å². The summed E-state index contributed by atoms with van der Waals surface area (Å²) in [5.41, 5.74) is 0. The number of esters is 2. The number of hydrogen-bond donors (Lipinski definition) is 1. The second kappa shape index (κ2) is 39.7. The van der Waals surface area contributed by atoms with E-state index in [0.29, 0.717) is 24.9 Å². The van der Waals surface area contributed by atoms with Crippen LogP contribution in [0.1, 0.15) is 265 Å². The molecule has 0 radical (unpaired) electrons. The molecule has 1 rings (SSSR count). The van der Waals surface area contributed by atoms with Gasteiger partial charge >= 0.3 is 11.9 Å². The molecule has 326 valence electrons. The van der Waals surface area contributed by atoms with Gasteiger partial charge in [0.2, 0.25) is 0 Å². The molecule has 0 bridgehead atoms. The molecule has 1 aliphatic rings. The number of ether oxygens (including phenoxy) is 3. The third-order valence-corrected chi connectivity index (χ3v) is 11.9. The first kappa shape index (κ1) is 51.9. The zero-order chi connectivity index (χ0) is 39.9. The minimum Gasteiger partial charge on any atom is -0.463 e. The SMILES string of the molecule is CCCCCCCCC(C)OC(=O)CCCCCCCC(CCCCCCCC(=O)OC(CCCCCCCC)CCCCCCCC)NC1CCOCC1. The smallest absolute Gasteiger partial charge is 0.306 e. The van der Waals surface area contributed by atoms with Gasteiger partial charge in [-0.25, -0.2) is 0 Å². The average Bonchev–Trinajstić information content (AvgIpc) is 3.18. The van der Waals surface area contributed by atoms with Crippen LogP contribution in [-0.2, 0) is 23.8 Å². The summed E-state index contributed by atoms with van der Waals surface area (Å²) in [5.74, 6) is 0.0291. The molecule has 2 unspecified atom stereocenters. The predicted molar refractivity (Wildman–Crippen MR) is 235 cm³/mol. The first-order chi connectivity index (χ1) is 27.0. The van der Waals surface area contributed by atoms with Crippen LogP contribution in [0.25, 0.3) is 0 Å². The highest BCUT2D eigenvalue weighted by atomic mass is 16.5. The minimum absolute atomic E-state index is 0.00890. The lowest BCUT2D eigenvalue weighted by molar-refractivity contribution is -0.150. The topological polar surface area (TPSA) is 73.9 Å². The van der Waals surface area contributed by atoms with Gasteiger partial charge in [-0.2, -0.15) is 0 Å². The first-order valence-corrected chi connectivity index (χ1v) is 24.7. The van der Waals surface area contributed by atoms with Crippen molar-refractivity contribution in [1.29, 1.82) is 0 Å². The molecule has 2 atom stereocenters. The fourth-order valence-electron chi connectivity index (χ4n) is 8.26. The average molecular weight is 778 g/mol. The zero-order valence-electron chi connectivity index (χ0n) is 37.4. The monoisotopic (exact) mass is 778 g/mol. The van der Waals surface area contributed by atoms with Gasteiger partial charge in [0, 0.05) is 38.1 Å². The number of hydrogen-bond acceptors (Lipinski definition) is 6. The highest BCUT2D eigenvalue weighted by Gasteiger charge is 2.18. The summed E-state index contributed by atoms with van der Waals surface area (Å²) < 4.78 is 17.4. The molecule has 0 aromatic heterocycles. The van der Waals surface area contributed by atoms with Gasteiger partial charge in [0.25, 0.3) is 0 Å². The van der Waals surface area contributed by atoms with E-state index >= 15 is 0 Å². The van der Waals surface area contributed by atoms with Crippen LogP contribution in [0, 0.1) is 0 Å². The van der Waals surface area contributed by atoms with E-state index in [1.807, 2.05) is 0 Å². The van der Waals surface area contributed by atoms with Gasteiger partial charge in [-0.15, -0.1) is 0 Å². The second-order valence-electron chi connectivity index (χ2n) is 17.4.